The van der Waals surface area contributed by atoms with Crippen molar-refractivity contribution in [2.75, 3.05) is 31.1 Å². The molecule has 1 aromatic carbocycles. The van der Waals surface area contributed by atoms with Gasteiger partial charge in [0.05, 0.1) is 0 Å². The second-order valence-electron chi connectivity index (χ2n) is 3.75. The number of hydrogen-bond acceptors (Lipinski definition) is 2. The summed E-state index contributed by atoms with van der Waals surface area (Å²) in [5, 5.41) is 0. The van der Waals surface area contributed by atoms with Crippen molar-refractivity contribution < 1.29 is 4.79 Å². The molecule has 0 spiro atoms. The van der Waals surface area contributed by atoms with Gasteiger partial charge in [-0.3, -0.25) is 4.79 Å². The van der Waals surface area contributed by atoms with Crippen LogP contribution in [0.15, 0.2) is 24.3 Å². The van der Waals surface area contributed by atoms with Crippen molar-refractivity contribution >= 4 is 11.6 Å². The maximum absolute atomic E-state index is 11.1. The molecule has 1 saturated heterocycles. The van der Waals surface area contributed by atoms with Crippen molar-refractivity contribution in [3.63, 3.8) is 0 Å². The van der Waals surface area contributed by atoms with Gasteiger partial charge >= 0.3 is 0 Å². The molecule has 1 fully saturated rings. The topological polar surface area (TPSA) is 23.6 Å². The third-order valence-corrected chi connectivity index (χ3v) is 2.78. The standard InChI is InChI=1S/C12H15N2O/c1-11(15)13-7-9-14(10-8-13)12-5-3-2-4-6-12/h2-3,5-6H,7-10H2,1H3. The molecule has 0 atom stereocenters. The average molecular weight is 203 g/mol. The second kappa shape index (κ2) is 4.34. The van der Waals surface area contributed by atoms with Gasteiger partial charge in [-0.05, 0) is 18.2 Å². The zero-order chi connectivity index (χ0) is 10.7. The van der Waals surface area contributed by atoms with E-state index in [4.69, 9.17) is 0 Å². The summed E-state index contributed by atoms with van der Waals surface area (Å²) in [5.74, 6) is 0.175. The first-order valence-electron chi connectivity index (χ1n) is 5.24. The minimum Gasteiger partial charge on any atom is -0.368 e. The smallest absolute Gasteiger partial charge is 0.219 e. The fraction of sp³-hybridized carbons (Fsp3) is 0.417. The minimum atomic E-state index is 0.175. The summed E-state index contributed by atoms with van der Waals surface area (Å²) in [4.78, 5) is 15.3. The van der Waals surface area contributed by atoms with Crippen LogP contribution in [0, 0.1) is 6.07 Å². The maximum atomic E-state index is 11.1. The van der Waals surface area contributed by atoms with Crippen molar-refractivity contribution in [3.8, 4) is 0 Å². The molecule has 0 bridgehead atoms. The van der Waals surface area contributed by atoms with Crippen LogP contribution in [-0.4, -0.2) is 37.0 Å². The van der Waals surface area contributed by atoms with Crippen LogP contribution in [0.1, 0.15) is 6.92 Å². The molecule has 2 rings (SSSR count). The van der Waals surface area contributed by atoms with Gasteiger partial charge < -0.3 is 9.80 Å². The Bertz CT molecular complexity index is 329. The van der Waals surface area contributed by atoms with Crippen LogP contribution in [0.3, 0.4) is 0 Å². The summed E-state index contributed by atoms with van der Waals surface area (Å²) >= 11 is 0. The largest absolute Gasteiger partial charge is 0.368 e. The number of nitrogens with zero attached hydrogens (tertiary/aromatic N) is 2. The highest BCUT2D eigenvalue weighted by Crippen LogP contribution is 2.14. The van der Waals surface area contributed by atoms with Gasteiger partial charge in [-0.2, -0.15) is 0 Å². The molecule has 3 nitrogen and oxygen atoms in total. The van der Waals surface area contributed by atoms with E-state index in [0.29, 0.717) is 0 Å². The first kappa shape index (κ1) is 10.0. The van der Waals surface area contributed by atoms with E-state index in [2.05, 4.69) is 17.0 Å². The average Bonchev–Trinajstić information content (AvgIpc) is 2.30. The van der Waals surface area contributed by atoms with Crippen LogP contribution in [0.25, 0.3) is 0 Å². The lowest BCUT2D eigenvalue weighted by molar-refractivity contribution is -0.129. The highest BCUT2D eigenvalue weighted by molar-refractivity contribution is 5.73. The van der Waals surface area contributed by atoms with Crippen LogP contribution < -0.4 is 4.90 Å². The van der Waals surface area contributed by atoms with Gasteiger partial charge in [-0.1, -0.05) is 12.1 Å². The Morgan fingerprint density at radius 3 is 2.60 bits per heavy atom. The predicted molar refractivity (Wildman–Crippen MR) is 59.7 cm³/mol. The lowest BCUT2D eigenvalue weighted by Gasteiger charge is -2.35. The molecular formula is C12H15N2O. The molecule has 0 N–H and O–H groups in total. The lowest BCUT2D eigenvalue weighted by Crippen LogP contribution is -2.48. The number of carbonyl (C=O) groups excluding carboxylic acids is 1. The summed E-state index contributed by atoms with van der Waals surface area (Å²) in [6.45, 7) is 5.11. The Hall–Kier alpha value is -1.51. The SMILES string of the molecule is CC(=O)N1CCN(c2c[c]ccc2)CC1. The lowest BCUT2D eigenvalue weighted by atomic mass is 10.2. The van der Waals surface area contributed by atoms with Crippen molar-refractivity contribution in [1.29, 1.82) is 0 Å². The zero-order valence-electron chi connectivity index (χ0n) is 8.94. The Labute approximate surface area is 90.3 Å². The number of benzene rings is 1. The Morgan fingerprint density at radius 1 is 1.33 bits per heavy atom. The third kappa shape index (κ3) is 2.29. The summed E-state index contributed by atoms with van der Waals surface area (Å²) in [6, 6.07) is 11.0. The molecule has 0 aliphatic carbocycles. The van der Waals surface area contributed by atoms with Crippen LogP contribution in [0.5, 0.6) is 0 Å². The molecular weight excluding hydrogens is 188 g/mol. The first-order chi connectivity index (χ1) is 7.27. The summed E-state index contributed by atoms with van der Waals surface area (Å²) in [6.07, 6.45) is 0. The molecule has 1 amide bonds. The zero-order valence-corrected chi connectivity index (χ0v) is 8.94. The fourth-order valence-electron chi connectivity index (χ4n) is 1.86. The number of carbonyl (C=O) groups is 1. The van der Waals surface area contributed by atoms with Gasteiger partial charge in [-0.15, -0.1) is 0 Å². The molecule has 15 heavy (non-hydrogen) atoms. The van der Waals surface area contributed by atoms with E-state index in [1.54, 1.807) is 6.92 Å². The molecule has 1 aromatic rings. The van der Waals surface area contributed by atoms with E-state index in [1.807, 2.05) is 23.1 Å². The number of piperazine rings is 1. The van der Waals surface area contributed by atoms with Crippen molar-refractivity contribution in [3.05, 3.63) is 30.3 Å². The third-order valence-electron chi connectivity index (χ3n) is 2.78. The number of amides is 1. The van der Waals surface area contributed by atoms with E-state index in [-0.39, 0.29) is 5.91 Å². The molecule has 0 saturated carbocycles. The molecule has 1 aliphatic heterocycles. The van der Waals surface area contributed by atoms with Crippen LogP contribution in [0.4, 0.5) is 5.69 Å². The van der Waals surface area contributed by atoms with Gasteiger partial charge in [-0.25, -0.2) is 0 Å². The number of anilines is 1. The molecule has 0 unspecified atom stereocenters. The summed E-state index contributed by atoms with van der Waals surface area (Å²) < 4.78 is 0. The monoisotopic (exact) mass is 203 g/mol. The maximum Gasteiger partial charge on any atom is 0.219 e. The van der Waals surface area contributed by atoms with Gasteiger partial charge in [0.25, 0.3) is 0 Å². The Morgan fingerprint density at radius 2 is 2.07 bits per heavy atom. The summed E-state index contributed by atoms with van der Waals surface area (Å²) in [7, 11) is 0. The van der Waals surface area contributed by atoms with Gasteiger partial charge in [0.1, 0.15) is 0 Å². The minimum absolute atomic E-state index is 0.175. The molecule has 3 heteroatoms. The Kier molecular flexibility index (Phi) is 2.90. The second-order valence-corrected chi connectivity index (χ2v) is 3.75. The van der Waals surface area contributed by atoms with E-state index in [9.17, 15) is 4.79 Å². The van der Waals surface area contributed by atoms with E-state index < -0.39 is 0 Å². The summed E-state index contributed by atoms with van der Waals surface area (Å²) in [5.41, 5.74) is 1.20. The molecule has 1 heterocycles. The normalized spacial score (nSPS) is 16.6. The van der Waals surface area contributed by atoms with Crippen molar-refractivity contribution in [1.82, 2.24) is 4.90 Å². The van der Waals surface area contributed by atoms with E-state index >= 15 is 0 Å². The van der Waals surface area contributed by atoms with Crippen molar-refractivity contribution in [2.24, 2.45) is 0 Å². The van der Waals surface area contributed by atoms with Crippen LogP contribution >= 0.6 is 0 Å². The van der Waals surface area contributed by atoms with E-state index in [1.165, 1.54) is 5.69 Å². The molecule has 1 radical (unpaired) electrons. The fourth-order valence-corrected chi connectivity index (χ4v) is 1.86. The van der Waals surface area contributed by atoms with Gasteiger partial charge in [0.2, 0.25) is 5.91 Å². The van der Waals surface area contributed by atoms with Crippen molar-refractivity contribution in [2.45, 2.75) is 6.92 Å². The highest BCUT2D eigenvalue weighted by atomic mass is 16.2. The highest BCUT2D eigenvalue weighted by Gasteiger charge is 2.18. The predicted octanol–water partition coefficient (Wildman–Crippen LogP) is 1.16. The number of hydrogen-bond donors (Lipinski definition) is 0. The van der Waals surface area contributed by atoms with Gasteiger partial charge in [0, 0.05) is 38.8 Å². The van der Waals surface area contributed by atoms with E-state index in [0.717, 1.165) is 26.2 Å². The van der Waals surface area contributed by atoms with Gasteiger partial charge in [0.15, 0.2) is 0 Å². The quantitative estimate of drug-likeness (QED) is 0.683. The Balaban J connectivity index is 1.97. The van der Waals surface area contributed by atoms with Crippen LogP contribution in [0.2, 0.25) is 0 Å². The number of rotatable bonds is 1. The molecule has 79 valence electrons. The van der Waals surface area contributed by atoms with Crippen LogP contribution in [-0.2, 0) is 4.79 Å². The first-order valence-corrected chi connectivity index (χ1v) is 5.24. The molecule has 0 aromatic heterocycles. The molecule has 1 aliphatic rings.